The number of carbonyl (C=O) groups excluding carboxylic acids is 2. The number of amides is 1. The molecule has 1 aliphatic rings. The van der Waals surface area contributed by atoms with Gasteiger partial charge in [0.15, 0.2) is 11.5 Å². The molecular weight excluding hydrogens is 347 g/mol. The Labute approximate surface area is 157 Å². The number of aliphatic hydroxyl groups excluding tert-OH is 1. The summed E-state index contributed by atoms with van der Waals surface area (Å²) in [6, 6.07) is 8.46. The lowest BCUT2D eigenvalue weighted by Crippen LogP contribution is -2.33. The average molecular weight is 368 g/mol. The number of Topliss-reactive ketones (excluding diaryl/α,β-unsaturated/α-hetero) is 1. The van der Waals surface area contributed by atoms with Crippen LogP contribution in [0.3, 0.4) is 0 Å². The number of hydrogen-bond donors (Lipinski definition) is 1. The van der Waals surface area contributed by atoms with Gasteiger partial charge in [-0.05, 0) is 23.8 Å². The van der Waals surface area contributed by atoms with Crippen LogP contribution in [0.25, 0.3) is 0 Å². The zero-order valence-electron chi connectivity index (χ0n) is 15.4. The third kappa shape index (κ3) is 3.47. The van der Waals surface area contributed by atoms with E-state index in [4.69, 9.17) is 0 Å². The van der Waals surface area contributed by atoms with Gasteiger partial charge in [0.1, 0.15) is 5.82 Å². The number of halogens is 1. The molecule has 1 aromatic heterocycles. The van der Waals surface area contributed by atoms with E-state index >= 15 is 0 Å². The van der Waals surface area contributed by atoms with Gasteiger partial charge in [-0.3, -0.25) is 14.6 Å². The van der Waals surface area contributed by atoms with E-state index in [9.17, 15) is 19.1 Å². The molecule has 5 nitrogen and oxygen atoms in total. The molecule has 140 valence electrons. The van der Waals surface area contributed by atoms with Gasteiger partial charge in [0.25, 0.3) is 5.91 Å². The predicted molar refractivity (Wildman–Crippen MR) is 98.0 cm³/mol. The summed E-state index contributed by atoms with van der Waals surface area (Å²) in [6.45, 7) is 5.21. The predicted octanol–water partition coefficient (Wildman–Crippen LogP) is 3.73. The zero-order valence-corrected chi connectivity index (χ0v) is 15.4. The molecule has 0 fully saturated rings. The lowest BCUT2D eigenvalue weighted by Gasteiger charge is -2.29. The van der Waals surface area contributed by atoms with Gasteiger partial charge in [0.05, 0.1) is 11.6 Å². The highest BCUT2D eigenvalue weighted by Gasteiger charge is 2.46. The number of aliphatic hydroxyl groups is 1. The van der Waals surface area contributed by atoms with Crippen LogP contribution < -0.4 is 0 Å². The van der Waals surface area contributed by atoms with Crippen LogP contribution in [0.15, 0.2) is 60.1 Å². The molecule has 3 rings (SSSR count). The summed E-state index contributed by atoms with van der Waals surface area (Å²) < 4.78 is 14.6. The summed E-state index contributed by atoms with van der Waals surface area (Å²) in [7, 11) is 0. The maximum Gasteiger partial charge on any atom is 0.290 e. The first kappa shape index (κ1) is 18.8. The smallest absolute Gasteiger partial charge is 0.290 e. The summed E-state index contributed by atoms with van der Waals surface area (Å²) >= 11 is 0. The minimum atomic E-state index is -0.987. The monoisotopic (exact) mass is 368 g/mol. The minimum Gasteiger partial charge on any atom is -0.503 e. The first-order valence-electron chi connectivity index (χ1n) is 8.64. The Balaban J connectivity index is 2.13. The molecule has 1 aromatic carbocycles. The Bertz CT molecular complexity index is 917. The van der Waals surface area contributed by atoms with E-state index in [-0.39, 0.29) is 23.5 Å². The molecule has 1 atom stereocenters. The van der Waals surface area contributed by atoms with E-state index in [1.165, 1.54) is 23.1 Å². The highest BCUT2D eigenvalue weighted by atomic mass is 19.1. The van der Waals surface area contributed by atoms with Crippen LogP contribution in [-0.2, 0) is 16.1 Å². The van der Waals surface area contributed by atoms with E-state index in [0.29, 0.717) is 0 Å². The van der Waals surface area contributed by atoms with Gasteiger partial charge in [-0.1, -0.05) is 39.0 Å². The summed E-state index contributed by atoms with van der Waals surface area (Å²) in [5.74, 6) is -2.23. The molecule has 0 aliphatic carbocycles. The number of carbonyl (C=O) groups is 2. The fourth-order valence-electron chi connectivity index (χ4n) is 3.16. The second-order valence-corrected chi connectivity index (χ2v) is 7.55. The fourth-order valence-corrected chi connectivity index (χ4v) is 3.16. The molecule has 0 bridgehead atoms. The minimum absolute atomic E-state index is 0.0633. The van der Waals surface area contributed by atoms with Crippen molar-refractivity contribution in [1.29, 1.82) is 0 Å². The van der Waals surface area contributed by atoms with Crippen molar-refractivity contribution < 1.29 is 19.1 Å². The van der Waals surface area contributed by atoms with Crippen molar-refractivity contribution in [3.05, 3.63) is 77.1 Å². The van der Waals surface area contributed by atoms with Crippen molar-refractivity contribution in [2.75, 3.05) is 0 Å². The van der Waals surface area contributed by atoms with Gasteiger partial charge in [0, 0.05) is 29.9 Å². The van der Waals surface area contributed by atoms with Crippen LogP contribution in [0.2, 0.25) is 0 Å². The Morgan fingerprint density at radius 2 is 1.81 bits per heavy atom. The van der Waals surface area contributed by atoms with Gasteiger partial charge in [-0.15, -0.1) is 0 Å². The Morgan fingerprint density at radius 1 is 1.19 bits per heavy atom. The van der Waals surface area contributed by atoms with Crippen LogP contribution >= 0.6 is 0 Å². The number of aromatic nitrogens is 1. The van der Waals surface area contributed by atoms with Gasteiger partial charge in [-0.25, -0.2) is 4.39 Å². The van der Waals surface area contributed by atoms with Crippen LogP contribution in [0.1, 0.15) is 37.9 Å². The Kier molecular flexibility index (Phi) is 4.83. The third-order valence-corrected chi connectivity index (χ3v) is 4.53. The van der Waals surface area contributed by atoms with E-state index in [1.54, 1.807) is 51.4 Å². The molecular formula is C21H21FN2O3. The topological polar surface area (TPSA) is 70.5 Å². The molecule has 27 heavy (non-hydrogen) atoms. The number of pyridine rings is 1. The first-order chi connectivity index (χ1) is 12.7. The van der Waals surface area contributed by atoms with E-state index in [0.717, 1.165) is 5.56 Å². The van der Waals surface area contributed by atoms with Gasteiger partial charge >= 0.3 is 0 Å². The van der Waals surface area contributed by atoms with Crippen molar-refractivity contribution in [3.8, 4) is 0 Å². The third-order valence-electron chi connectivity index (χ3n) is 4.53. The van der Waals surface area contributed by atoms with E-state index in [1.807, 2.05) is 0 Å². The number of ketones is 1. The quantitative estimate of drug-likeness (QED) is 0.893. The SMILES string of the molecule is CC(C)(C)C(=O)C1=C(O)C(=O)N(Cc2ccncc2)C1c1ccccc1F. The molecule has 1 N–H and O–H groups in total. The molecule has 1 amide bonds. The van der Waals surface area contributed by atoms with Crippen LogP contribution in [0.4, 0.5) is 4.39 Å². The second kappa shape index (κ2) is 6.95. The molecule has 6 heteroatoms. The molecule has 2 aromatic rings. The first-order valence-corrected chi connectivity index (χ1v) is 8.64. The standard InChI is InChI=1S/C21H21FN2O3/c1-21(2,3)19(26)16-17(14-6-4-5-7-15(14)22)24(20(27)18(16)25)12-13-8-10-23-11-9-13/h4-11,17,25H,12H2,1-3H3. The lowest BCUT2D eigenvalue weighted by atomic mass is 9.82. The zero-order chi connectivity index (χ0) is 19.8. The molecule has 0 spiro atoms. The molecule has 0 radical (unpaired) electrons. The fraction of sp³-hybridized carbons (Fsp3) is 0.286. The summed E-state index contributed by atoms with van der Waals surface area (Å²) in [5, 5.41) is 10.5. The maximum atomic E-state index is 14.6. The van der Waals surface area contributed by atoms with Crippen molar-refractivity contribution in [2.45, 2.75) is 33.4 Å². The highest BCUT2D eigenvalue weighted by Crippen LogP contribution is 2.42. The Morgan fingerprint density at radius 3 is 2.41 bits per heavy atom. The number of nitrogens with zero attached hydrogens (tertiary/aromatic N) is 2. The number of benzene rings is 1. The van der Waals surface area contributed by atoms with Gasteiger partial charge in [0.2, 0.25) is 0 Å². The second-order valence-electron chi connectivity index (χ2n) is 7.55. The normalized spacial score (nSPS) is 17.6. The van der Waals surface area contributed by atoms with E-state index in [2.05, 4.69) is 4.98 Å². The summed E-state index contributed by atoms with van der Waals surface area (Å²) in [6.07, 6.45) is 3.17. The lowest BCUT2D eigenvalue weighted by molar-refractivity contribution is -0.130. The molecule has 1 aliphatic heterocycles. The number of hydrogen-bond acceptors (Lipinski definition) is 4. The van der Waals surface area contributed by atoms with Crippen molar-refractivity contribution >= 4 is 11.7 Å². The largest absolute Gasteiger partial charge is 0.503 e. The van der Waals surface area contributed by atoms with Crippen LogP contribution in [0.5, 0.6) is 0 Å². The van der Waals surface area contributed by atoms with Crippen molar-refractivity contribution in [2.24, 2.45) is 5.41 Å². The molecule has 0 saturated heterocycles. The molecule has 0 saturated carbocycles. The average Bonchev–Trinajstić information content (AvgIpc) is 2.86. The summed E-state index contributed by atoms with van der Waals surface area (Å²) in [5.41, 5.74) is 0.0416. The summed E-state index contributed by atoms with van der Waals surface area (Å²) in [4.78, 5) is 31.0. The van der Waals surface area contributed by atoms with Crippen LogP contribution in [-0.4, -0.2) is 26.7 Å². The van der Waals surface area contributed by atoms with E-state index < -0.39 is 28.9 Å². The maximum absolute atomic E-state index is 14.6. The van der Waals surface area contributed by atoms with Crippen molar-refractivity contribution in [1.82, 2.24) is 9.88 Å². The number of rotatable bonds is 4. The molecule has 2 heterocycles. The van der Waals surface area contributed by atoms with Gasteiger partial charge in [-0.2, -0.15) is 0 Å². The molecule has 1 unspecified atom stereocenters. The van der Waals surface area contributed by atoms with Gasteiger partial charge < -0.3 is 10.0 Å². The van der Waals surface area contributed by atoms with Crippen molar-refractivity contribution in [3.63, 3.8) is 0 Å². The highest BCUT2D eigenvalue weighted by molar-refractivity contribution is 6.10. The van der Waals surface area contributed by atoms with Crippen LogP contribution in [0, 0.1) is 11.2 Å². The Hall–Kier alpha value is -3.02.